The summed E-state index contributed by atoms with van der Waals surface area (Å²) in [5.41, 5.74) is 0.547. The van der Waals surface area contributed by atoms with Crippen molar-refractivity contribution >= 4 is 15.9 Å². The van der Waals surface area contributed by atoms with Gasteiger partial charge >= 0.3 is 0 Å². The lowest BCUT2D eigenvalue weighted by atomic mass is 10.2. The van der Waals surface area contributed by atoms with Crippen LogP contribution in [0.5, 0.6) is 5.75 Å². The molecule has 0 amide bonds. The van der Waals surface area contributed by atoms with E-state index in [0.717, 1.165) is 17.5 Å². The molecule has 0 aliphatic carbocycles. The molecule has 86 valence electrons. The Balaban J connectivity index is 2.45. The highest BCUT2D eigenvalue weighted by Gasteiger charge is 2.03. The summed E-state index contributed by atoms with van der Waals surface area (Å²) in [5.74, 6) is 0.627. The molecule has 0 N–H and O–H groups in total. The van der Waals surface area contributed by atoms with Crippen molar-refractivity contribution in [2.75, 3.05) is 19.8 Å². The first kappa shape index (κ1) is 13.0. The quantitative estimate of drug-likeness (QED) is 0.754. The molecule has 0 unspecified atom stereocenters. The van der Waals surface area contributed by atoms with Gasteiger partial charge in [0, 0.05) is 24.1 Å². The highest BCUT2D eigenvalue weighted by molar-refractivity contribution is 9.10. The van der Waals surface area contributed by atoms with Gasteiger partial charge in [0.1, 0.15) is 11.8 Å². The summed E-state index contributed by atoms with van der Waals surface area (Å²) in [6.45, 7) is 3.94. The minimum Gasteiger partial charge on any atom is -0.492 e. The van der Waals surface area contributed by atoms with Crippen molar-refractivity contribution in [3.8, 4) is 11.8 Å². The first-order chi connectivity index (χ1) is 7.77. The van der Waals surface area contributed by atoms with Crippen molar-refractivity contribution in [1.82, 2.24) is 0 Å². The minimum absolute atomic E-state index is 0.547. The van der Waals surface area contributed by atoms with Crippen LogP contribution in [0.15, 0.2) is 22.7 Å². The molecule has 1 aromatic rings. The van der Waals surface area contributed by atoms with E-state index in [2.05, 4.69) is 22.0 Å². The zero-order chi connectivity index (χ0) is 11.8. The highest BCUT2D eigenvalue weighted by atomic mass is 79.9. The molecular weight excluding hydrogens is 270 g/mol. The number of hydrogen-bond acceptors (Lipinski definition) is 3. The number of nitriles is 1. The van der Waals surface area contributed by atoms with Crippen LogP contribution in [0.4, 0.5) is 0 Å². The van der Waals surface area contributed by atoms with E-state index in [0.29, 0.717) is 24.5 Å². The van der Waals surface area contributed by atoms with E-state index in [1.807, 2.05) is 13.0 Å². The first-order valence-electron chi connectivity index (χ1n) is 5.18. The van der Waals surface area contributed by atoms with Crippen LogP contribution in [-0.2, 0) is 4.74 Å². The Morgan fingerprint density at radius 3 is 2.88 bits per heavy atom. The summed E-state index contributed by atoms with van der Waals surface area (Å²) in [5, 5.41) is 8.91. The molecular formula is C12H14BrNO2. The van der Waals surface area contributed by atoms with E-state index in [1.54, 1.807) is 12.1 Å². The second-order valence-corrected chi connectivity index (χ2v) is 4.07. The van der Waals surface area contributed by atoms with Crippen LogP contribution in [0.2, 0.25) is 0 Å². The van der Waals surface area contributed by atoms with Crippen LogP contribution in [0, 0.1) is 11.3 Å². The SMILES string of the molecule is CCOCCCOc1ccc(Br)cc1C#N. The molecule has 4 heteroatoms. The summed E-state index contributed by atoms with van der Waals surface area (Å²) in [7, 11) is 0. The molecule has 0 spiro atoms. The monoisotopic (exact) mass is 283 g/mol. The van der Waals surface area contributed by atoms with Gasteiger partial charge in [0.15, 0.2) is 0 Å². The van der Waals surface area contributed by atoms with E-state index in [-0.39, 0.29) is 0 Å². The molecule has 0 aliphatic rings. The lowest BCUT2D eigenvalue weighted by Crippen LogP contribution is -2.03. The van der Waals surface area contributed by atoms with Gasteiger partial charge in [-0.05, 0) is 25.1 Å². The third-order valence-electron chi connectivity index (χ3n) is 1.96. The molecule has 1 aromatic carbocycles. The maximum atomic E-state index is 8.91. The maximum absolute atomic E-state index is 8.91. The first-order valence-corrected chi connectivity index (χ1v) is 5.97. The third kappa shape index (κ3) is 4.21. The molecule has 0 saturated heterocycles. The Morgan fingerprint density at radius 1 is 1.38 bits per heavy atom. The van der Waals surface area contributed by atoms with E-state index in [1.165, 1.54) is 0 Å². The van der Waals surface area contributed by atoms with Gasteiger partial charge in [0.2, 0.25) is 0 Å². The Morgan fingerprint density at radius 2 is 2.19 bits per heavy atom. The average molecular weight is 284 g/mol. The lowest BCUT2D eigenvalue weighted by molar-refractivity contribution is 0.131. The smallest absolute Gasteiger partial charge is 0.137 e. The maximum Gasteiger partial charge on any atom is 0.137 e. The summed E-state index contributed by atoms with van der Waals surface area (Å²) in [4.78, 5) is 0. The second-order valence-electron chi connectivity index (χ2n) is 3.15. The minimum atomic E-state index is 0.547. The van der Waals surface area contributed by atoms with Crippen LogP contribution in [0.3, 0.4) is 0 Å². The molecule has 0 bridgehead atoms. The number of hydrogen-bond donors (Lipinski definition) is 0. The Hall–Kier alpha value is -1.05. The predicted molar refractivity (Wildman–Crippen MR) is 65.5 cm³/mol. The predicted octanol–water partition coefficient (Wildman–Crippen LogP) is 3.13. The summed E-state index contributed by atoms with van der Waals surface area (Å²) < 4.78 is 11.6. The van der Waals surface area contributed by atoms with Crippen molar-refractivity contribution in [2.45, 2.75) is 13.3 Å². The fourth-order valence-electron chi connectivity index (χ4n) is 1.20. The zero-order valence-electron chi connectivity index (χ0n) is 9.20. The van der Waals surface area contributed by atoms with Gasteiger partial charge < -0.3 is 9.47 Å². The molecule has 1 rings (SSSR count). The van der Waals surface area contributed by atoms with Gasteiger partial charge in [-0.15, -0.1) is 0 Å². The lowest BCUT2D eigenvalue weighted by Gasteiger charge is -2.07. The van der Waals surface area contributed by atoms with Gasteiger partial charge in [0.25, 0.3) is 0 Å². The molecule has 0 atom stereocenters. The summed E-state index contributed by atoms with van der Waals surface area (Å²) in [6, 6.07) is 7.50. The van der Waals surface area contributed by atoms with E-state index in [9.17, 15) is 0 Å². The number of ether oxygens (including phenoxy) is 2. The van der Waals surface area contributed by atoms with E-state index in [4.69, 9.17) is 14.7 Å². The molecule has 0 aromatic heterocycles. The molecule has 3 nitrogen and oxygen atoms in total. The number of nitrogens with zero attached hydrogens (tertiary/aromatic N) is 1. The van der Waals surface area contributed by atoms with Crippen molar-refractivity contribution in [1.29, 1.82) is 5.26 Å². The molecule has 0 heterocycles. The topological polar surface area (TPSA) is 42.2 Å². The fourth-order valence-corrected chi connectivity index (χ4v) is 1.56. The molecule has 16 heavy (non-hydrogen) atoms. The van der Waals surface area contributed by atoms with Gasteiger partial charge in [0.05, 0.1) is 12.2 Å². The van der Waals surface area contributed by atoms with Crippen molar-refractivity contribution in [3.63, 3.8) is 0 Å². The van der Waals surface area contributed by atoms with Crippen LogP contribution in [0.25, 0.3) is 0 Å². The van der Waals surface area contributed by atoms with Gasteiger partial charge in [-0.1, -0.05) is 15.9 Å². The molecule has 0 aliphatic heterocycles. The van der Waals surface area contributed by atoms with Crippen LogP contribution < -0.4 is 4.74 Å². The van der Waals surface area contributed by atoms with Crippen molar-refractivity contribution < 1.29 is 9.47 Å². The Labute approximate surface area is 104 Å². The highest BCUT2D eigenvalue weighted by Crippen LogP contribution is 2.22. The Bertz CT molecular complexity index is 374. The normalized spacial score (nSPS) is 9.81. The largest absolute Gasteiger partial charge is 0.492 e. The van der Waals surface area contributed by atoms with Gasteiger partial charge in [-0.3, -0.25) is 0 Å². The third-order valence-corrected chi connectivity index (χ3v) is 2.45. The van der Waals surface area contributed by atoms with Crippen LogP contribution in [-0.4, -0.2) is 19.8 Å². The van der Waals surface area contributed by atoms with E-state index < -0.39 is 0 Å². The van der Waals surface area contributed by atoms with Crippen molar-refractivity contribution in [3.05, 3.63) is 28.2 Å². The average Bonchev–Trinajstić information content (AvgIpc) is 2.30. The second kappa shape index (κ2) is 7.26. The molecule has 0 fully saturated rings. The molecule has 0 saturated carbocycles. The standard InChI is InChI=1S/C12H14BrNO2/c1-2-15-6-3-7-16-12-5-4-11(13)8-10(12)9-14/h4-5,8H,2-3,6-7H2,1H3. The summed E-state index contributed by atoms with van der Waals surface area (Å²) in [6.07, 6.45) is 0.828. The van der Waals surface area contributed by atoms with Crippen LogP contribution in [0.1, 0.15) is 18.9 Å². The van der Waals surface area contributed by atoms with Gasteiger partial charge in [-0.25, -0.2) is 0 Å². The van der Waals surface area contributed by atoms with Crippen LogP contribution >= 0.6 is 15.9 Å². The Kier molecular flexibility index (Phi) is 5.91. The number of benzene rings is 1. The number of halogens is 1. The van der Waals surface area contributed by atoms with Crippen molar-refractivity contribution in [2.24, 2.45) is 0 Å². The fraction of sp³-hybridized carbons (Fsp3) is 0.417. The number of rotatable bonds is 6. The molecule has 0 radical (unpaired) electrons. The van der Waals surface area contributed by atoms with Gasteiger partial charge in [-0.2, -0.15) is 5.26 Å². The summed E-state index contributed by atoms with van der Waals surface area (Å²) >= 11 is 3.31. The zero-order valence-corrected chi connectivity index (χ0v) is 10.8. The van der Waals surface area contributed by atoms with E-state index >= 15 is 0 Å².